The monoisotopic (exact) mass is 305 g/mol. The predicted octanol–water partition coefficient (Wildman–Crippen LogP) is 3.18. The van der Waals surface area contributed by atoms with Gasteiger partial charge in [-0.2, -0.15) is 0 Å². The molecule has 0 atom stereocenters. The molecule has 1 aromatic heterocycles. The number of rotatable bonds is 6. The first kappa shape index (κ1) is 14.6. The van der Waals surface area contributed by atoms with Crippen molar-refractivity contribution < 1.29 is 4.42 Å². The number of nitrogens with one attached hydrogen (secondary N) is 1. The maximum absolute atomic E-state index is 6.02. The number of hydrogen-bond donors (Lipinski definition) is 1. The van der Waals surface area contributed by atoms with E-state index in [1.807, 2.05) is 24.3 Å². The van der Waals surface area contributed by atoms with E-state index in [9.17, 15) is 0 Å². The third-order valence-corrected chi connectivity index (χ3v) is 4.02. The molecule has 0 amide bonds. The molecule has 0 saturated carbocycles. The molecule has 1 aromatic carbocycles. The fourth-order valence-corrected chi connectivity index (χ4v) is 2.73. The molecule has 0 aliphatic carbocycles. The van der Waals surface area contributed by atoms with Gasteiger partial charge < -0.3 is 9.73 Å². The molecule has 0 unspecified atom stereocenters. The Morgan fingerprint density at radius 1 is 1.43 bits per heavy atom. The lowest BCUT2D eigenvalue weighted by Crippen LogP contribution is -2.57. The van der Waals surface area contributed by atoms with Gasteiger partial charge in [-0.3, -0.25) is 4.90 Å². The van der Waals surface area contributed by atoms with Crippen LogP contribution < -0.4 is 5.32 Å². The Hall–Kier alpha value is -1.36. The van der Waals surface area contributed by atoms with Crippen molar-refractivity contribution in [3.8, 4) is 11.3 Å². The molecule has 2 heterocycles. The van der Waals surface area contributed by atoms with Gasteiger partial charge in [-0.05, 0) is 25.1 Å². The highest BCUT2D eigenvalue weighted by Gasteiger charge is 2.25. The summed E-state index contributed by atoms with van der Waals surface area (Å²) >= 11 is 6.02. The Kier molecular flexibility index (Phi) is 4.58. The molecule has 5 heteroatoms. The first-order chi connectivity index (χ1) is 10.3. The second-order valence-electron chi connectivity index (χ2n) is 5.41. The molecule has 1 aliphatic rings. The molecule has 0 spiro atoms. The van der Waals surface area contributed by atoms with Crippen molar-refractivity contribution in [1.29, 1.82) is 0 Å². The summed E-state index contributed by atoms with van der Waals surface area (Å²) in [6, 6.07) is 8.26. The topological polar surface area (TPSA) is 41.3 Å². The van der Waals surface area contributed by atoms with Crippen LogP contribution in [-0.2, 0) is 6.54 Å². The second-order valence-corrected chi connectivity index (χ2v) is 5.85. The summed E-state index contributed by atoms with van der Waals surface area (Å²) in [6.07, 6.45) is 2.92. The second kappa shape index (κ2) is 6.60. The number of benzene rings is 1. The van der Waals surface area contributed by atoms with E-state index in [1.54, 1.807) is 6.20 Å². The molecule has 21 heavy (non-hydrogen) atoms. The lowest BCUT2D eigenvalue weighted by atomic mass is 10.1. The highest BCUT2D eigenvalue weighted by molar-refractivity contribution is 6.30. The number of hydrogen-bond acceptors (Lipinski definition) is 4. The van der Waals surface area contributed by atoms with Crippen LogP contribution in [0.25, 0.3) is 11.3 Å². The molecular formula is C16H20ClN3O. The van der Waals surface area contributed by atoms with Crippen LogP contribution in [0.5, 0.6) is 0 Å². The van der Waals surface area contributed by atoms with Gasteiger partial charge in [-0.1, -0.05) is 30.7 Å². The predicted molar refractivity (Wildman–Crippen MR) is 84.3 cm³/mol. The molecule has 3 rings (SSSR count). The lowest BCUT2D eigenvalue weighted by Gasteiger charge is -2.37. The Balaban J connectivity index is 1.71. The Morgan fingerprint density at radius 2 is 2.29 bits per heavy atom. The van der Waals surface area contributed by atoms with Gasteiger partial charge >= 0.3 is 0 Å². The zero-order valence-electron chi connectivity index (χ0n) is 12.2. The smallest absolute Gasteiger partial charge is 0.209 e. The maximum atomic E-state index is 6.02. The highest BCUT2D eigenvalue weighted by atomic mass is 35.5. The fraction of sp³-hybridized carbons (Fsp3) is 0.438. The van der Waals surface area contributed by atoms with Gasteiger partial charge in [0.15, 0.2) is 5.76 Å². The van der Waals surface area contributed by atoms with Gasteiger partial charge in [0.05, 0.1) is 12.7 Å². The van der Waals surface area contributed by atoms with Crippen molar-refractivity contribution in [3.05, 3.63) is 41.4 Å². The van der Waals surface area contributed by atoms with Crippen molar-refractivity contribution in [2.24, 2.45) is 0 Å². The number of oxazole rings is 1. The van der Waals surface area contributed by atoms with E-state index in [0.717, 1.165) is 49.8 Å². The van der Waals surface area contributed by atoms with E-state index in [-0.39, 0.29) is 0 Å². The summed E-state index contributed by atoms with van der Waals surface area (Å²) in [7, 11) is 0. The van der Waals surface area contributed by atoms with E-state index < -0.39 is 0 Å². The lowest BCUT2D eigenvalue weighted by molar-refractivity contribution is 0.126. The minimum atomic E-state index is 0.603. The maximum Gasteiger partial charge on any atom is 0.209 e. The van der Waals surface area contributed by atoms with Crippen LogP contribution >= 0.6 is 11.6 Å². The van der Waals surface area contributed by atoms with Gasteiger partial charge in [0.25, 0.3) is 0 Å². The summed E-state index contributed by atoms with van der Waals surface area (Å²) in [6.45, 7) is 6.15. The van der Waals surface area contributed by atoms with Gasteiger partial charge in [-0.15, -0.1) is 0 Å². The summed E-state index contributed by atoms with van der Waals surface area (Å²) in [5, 5.41) is 4.02. The van der Waals surface area contributed by atoms with Crippen molar-refractivity contribution in [3.63, 3.8) is 0 Å². The van der Waals surface area contributed by atoms with Crippen LogP contribution in [0.2, 0.25) is 5.02 Å². The van der Waals surface area contributed by atoms with Gasteiger partial charge in [0.1, 0.15) is 0 Å². The van der Waals surface area contributed by atoms with E-state index in [2.05, 4.69) is 22.1 Å². The Morgan fingerprint density at radius 3 is 2.95 bits per heavy atom. The number of aromatic nitrogens is 1. The fourth-order valence-electron chi connectivity index (χ4n) is 2.54. The van der Waals surface area contributed by atoms with Crippen molar-refractivity contribution in [2.45, 2.75) is 25.9 Å². The molecule has 0 radical (unpaired) electrons. The molecule has 2 aromatic rings. The summed E-state index contributed by atoms with van der Waals surface area (Å²) in [4.78, 5) is 6.85. The minimum absolute atomic E-state index is 0.603. The third kappa shape index (κ3) is 3.46. The van der Waals surface area contributed by atoms with Crippen molar-refractivity contribution >= 4 is 11.6 Å². The molecule has 1 aliphatic heterocycles. The van der Waals surface area contributed by atoms with E-state index in [0.29, 0.717) is 11.1 Å². The van der Waals surface area contributed by atoms with E-state index in [1.165, 1.54) is 0 Å². The molecule has 1 saturated heterocycles. The standard InChI is InChI=1S/C16H20ClN3O/c1-2-6-20(14-8-18-9-14)11-16-19-10-15(21-16)12-4-3-5-13(17)7-12/h3-5,7,10,14,18H,2,6,8-9,11H2,1H3. The van der Waals surface area contributed by atoms with Crippen molar-refractivity contribution in [2.75, 3.05) is 19.6 Å². The summed E-state index contributed by atoms with van der Waals surface area (Å²) in [5.41, 5.74) is 0.966. The molecule has 1 N–H and O–H groups in total. The summed E-state index contributed by atoms with van der Waals surface area (Å²) in [5.74, 6) is 1.54. The van der Waals surface area contributed by atoms with E-state index >= 15 is 0 Å². The average Bonchev–Trinajstić information content (AvgIpc) is 2.85. The van der Waals surface area contributed by atoms with Gasteiger partial charge in [-0.25, -0.2) is 4.98 Å². The van der Waals surface area contributed by atoms with Gasteiger partial charge in [0, 0.05) is 29.7 Å². The van der Waals surface area contributed by atoms with Crippen LogP contribution in [-0.4, -0.2) is 35.6 Å². The highest BCUT2D eigenvalue weighted by Crippen LogP contribution is 2.24. The molecule has 112 valence electrons. The number of nitrogens with zero attached hydrogens (tertiary/aromatic N) is 2. The van der Waals surface area contributed by atoms with Crippen LogP contribution in [0, 0.1) is 0 Å². The normalized spacial score (nSPS) is 15.4. The van der Waals surface area contributed by atoms with Gasteiger partial charge in [0.2, 0.25) is 5.89 Å². The zero-order chi connectivity index (χ0) is 14.7. The van der Waals surface area contributed by atoms with Crippen LogP contribution in [0.15, 0.2) is 34.9 Å². The minimum Gasteiger partial charge on any atom is -0.439 e. The zero-order valence-corrected chi connectivity index (χ0v) is 12.9. The SMILES string of the molecule is CCCN(Cc1ncc(-c2cccc(Cl)c2)o1)C1CNC1. The average molecular weight is 306 g/mol. The molecule has 4 nitrogen and oxygen atoms in total. The first-order valence-corrected chi connectivity index (χ1v) is 7.79. The van der Waals surface area contributed by atoms with Crippen molar-refractivity contribution in [1.82, 2.24) is 15.2 Å². The van der Waals surface area contributed by atoms with Crippen LogP contribution in [0.3, 0.4) is 0 Å². The molecular weight excluding hydrogens is 286 g/mol. The third-order valence-electron chi connectivity index (χ3n) is 3.79. The molecule has 0 bridgehead atoms. The summed E-state index contributed by atoms with van der Waals surface area (Å²) < 4.78 is 5.89. The van der Waals surface area contributed by atoms with E-state index in [4.69, 9.17) is 16.0 Å². The molecule has 1 fully saturated rings. The quantitative estimate of drug-likeness (QED) is 0.890. The van der Waals surface area contributed by atoms with Crippen LogP contribution in [0.4, 0.5) is 0 Å². The Labute approximate surface area is 130 Å². The Bertz CT molecular complexity index is 595. The van der Waals surface area contributed by atoms with Crippen LogP contribution in [0.1, 0.15) is 19.2 Å². The largest absolute Gasteiger partial charge is 0.439 e. The number of halogens is 1. The first-order valence-electron chi connectivity index (χ1n) is 7.41.